The number of carbonyl (C=O) groups excluding carboxylic acids is 2. The lowest BCUT2D eigenvalue weighted by atomic mass is 10.1. The van der Waals surface area contributed by atoms with Crippen LogP contribution in [0.2, 0.25) is 0 Å². The summed E-state index contributed by atoms with van der Waals surface area (Å²) in [4.78, 5) is 23.2. The number of primary amides is 1. The molecule has 0 aliphatic carbocycles. The first-order valence-electron chi connectivity index (χ1n) is 6.90. The Labute approximate surface area is 142 Å². The molecule has 0 aliphatic rings. The van der Waals surface area contributed by atoms with Crippen LogP contribution < -0.4 is 11.1 Å². The largest absolute Gasteiger partial charge is 0.419 e. The molecule has 2 aromatic rings. The van der Waals surface area contributed by atoms with Gasteiger partial charge in [0.2, 0.25) is 0 Å². The first kappa shape index (κ1) is 19.3. The second kappa shape index (κ2) is 6.70. The van der Waals surface area contributed by atoms with E-state index in [4.69, 9.17) is 5.73 Å². The molecule has 0 aromatic heterocycles. The number of nitrogens with one attached hydrogen (secondary N) is 1. The first-order valence-corrected chi connectivity index (χ1v) is 6.90. The van der Waals surface area contributed by atoms with Crippen molar-refractivity contribution in [2.24, 2.45) is 5.73 Å². The van der Waals surface area contributed by atoms with Gasteiger partial charge < -0.3 is 11.1 Å². The summed E-state index contributed by atoms with van der Waals surface area (Å²) in [6.07, 6.45) is -5.14. The third-order valence-corrected chi connectivity index (χ3v) is 3.45. The Hall–Kier alpha value is -3.04. The smallest absolute Gasteiger partial charge is 0.366 e. The number of carbonyl (C=O) groups is 2. The van der Waals surface area contributed by atoms with Crippen LogP contribution in [0.15, 0.2) is 24.3 Å². The Morgan fingerprint density at radius 1 is 1.04 bits per heavy atom. The van der Waals surface area contributed by atoms with Crippen molar-refractivity contribution in [2.45, 2.75) is 13.1 Å². The lowest BCUT2D eigenvalue weighted by Crippen LogP contribution is -2.21. The number of nitrogens with two attached hydrogens (primary N) is 1. The minimum atomic E-state index is -5.14. The zero-order chi connectivity index (χ0) is 19.8. The van der Waals surface area contributed by atoms with E-state index in [-0.39, 0.29) is 17.3 Å². The highest BCUT2D eigenvalue weighted by Gasteiger charge is 2.37. The van der Waals surface area contributed by atoms with Crippen LogP contribution in [0.25, 0.3) is 0 Å². The Bertz CT molecular complexity index is 909. The molecule has 0 unspecified atom stereocenters. The highest BCUT2D eigenvalue weighted by molar-refractivity contribution is 6.06. The van der Waals surface area contributed by atoms with Crippen molar-refractivity contribution in [1.82, 2.24) is 0 Å². The summed E-state index contributed by atoms with van der Waals surface area (Å²) >= 11 is 0. The van der Waals surface area contributed by atoms with Gasteiger partial charge in [0.05, 0.1) is 11.1 Å². The minimum absolute atomic E-state index is 0.0497. The summed E-state index contributed by atoms with van der Waals surface area (Å²) in [5.74, 6) is -7.33. The zero-order valence-corrected chi connectivity index (χ0v) is 13.0. The van der Waals surface area contributed by atoms with E-state index >= 15 is 0 Å². The van der Waals surface area contributed by atoms with Crippen molar-refractivity contribution in [3.63, 3.8) is 0 Å². The van der Waals surface area contributed by atoms with Gasteiger partial charge in [0.1, 0.15) is 17.2 Å². The summed E-state index contributed by atoms with van der Waals surface area (Å²) in [6.45, 7) is 1.29. The van der Waals surface area contributed by atoms with Crippen molar-refractivity contribution in [3.8, 4) is 0 Å². The summed E-state index contributed by atoms with van der Waals surface area (Å²) in [5.41, 5.74) is 0.851. The van der Waals surface area contributed by atoms with Crippen LogP contribution in [-0.2, 0) is 6.18 Å². The maximum Gasteiger partial charge on any atom is 0.419 e. The molecule has 10 heteroatoms. The summed E-state index contributed by atoms with van der Waals surface area (Å²) in [5, 5.41) is 1.95. The van der Waals surface area contributed by atoms with Gasteiger partial charge >= 0.3 is 6.18 Å². The van der Waals surface area contributed by atoms with Crippen LogP contribution >= 0.6 is 0 Å². The van der Waals surface area contributed by atoms with E-state index in [1.54, 1.807) is 0 Å². The monoisotopic (exact) mass is 376 g/mol. The molecule has 0 saturated heterocycles. The molecule has 0 heterocycles. The summed E-state index contributed by atoms with van der Waals surface area (Å²) in [6, 6.07) is 2.10. The fraction of sp³-hybridized carbons (Fsp3) is 0.125. The van der Waals surface area contributed by atoms with Crippen LogP contribution in [0, 0.1) is 24.4 Å². The van der Waals surface area contributed by atoms with E-state index in [1.807, 2.05) is 5.32 Å². The van der Waals surface area contributed by atoms with Crippen LogP contribution in [-0.4, -0.2) is 11.8 Å². The molecule has 2 aromatic carbocycles. The van der Waals surface area contributed by atoms with Gasteiger partial charge in [0, 0.05) is 5.69 Å². The van der Waals surface area contributed by atoms with Gasteiger partial charge in [-0.2, -0.15) is 13.2 Å². The molecule has 138 valence electrons. The minimum Gasteiger partial charge on any atom is -0.366 e. The van der Waals surface area contributed by atoms with Gasteiger partial charge in [-0.1, -0.05) is 0 Å². The van der Waals surface area contributed by atoms with Crippen LogP contribution in [0.1, 0.15) is 31.8 Å². The third kappa shape index (κ3) is 3.63. The quantitative estimate of drug-likeness (QED) is 0.801. The Kier molecular flexibility index (Phi) is 4.97. The van der Waals surface area contributed by atoms with Gasteiger partial charge in [-0.3, -0.25) is 9.59 Å². The number of amides is 2. The van der Waals surface area contributed by atoms with Crippen molar-refractivity contribution >= 4 is 17.5 Å². The van der Waals surface area contributed by atoms with E-state index in [2.05, 4.69) is 0 Å². The maximum atomic E-state index is 14.0. The highest BCUT2D eigenvalue weighted by atomic mass is 19.4. The predicted octanol–water partition coefficient (Wildman–Crippen LogP) is 3.78. The Morgan fingerprint density at radius 2 is 1.65 bits per heavy atom. The number of anilines is 1. The maximum absolute atomic E-state index is 14.0. The summed E-state index contributed by atoms with van der Waals surface area (Å²) < 4.78 is 79.5. The summed E-state index contributed by atoms with van der Waals surface area (Å²) in [7, 11) is 0. The SMILES string of the molecule is Cc1cc(F)c(C(N)=O)cc1NC(=O)c1c(F)ccc(C(F)(F)F)c1F. The molecule has 2 amide bonds. The molecule has 26 heavy (non-hydrogen) atoms. The van der Waals surface area contributed by atoms with Crippen LogP contribution in [0.5, 0.6) is 0 Å². The number of rotatable bonds is 3. The molecule has 4 nitrogen and oxygen atoms in total. The number of hydrogen-bond donors (Lipinski definition) is 2. The van der Waals surface area contributed by atoms with Gasteiger partial charge in [0.25, 0.3) is 11.8 Å². The Balaban J connectivity index is 2.49. The fourth-order valence-electron chi connectivity index (χ4n) is 2.16. The van der Waals surface area contributed by atoms with E-state index in [1.165, 1.54) is 6.92 Å². The van der Waals surface area contributed by atoms with Crippen molar-refractivity contribution in [1.29, 1.82) is 0 Å². The zero-order valence-electron chi connectivity index (χ0n) is 13.0. The lowest BCUT2D eigenvalue weighted by molar-refractivity contribution is -0.140. The predicted molar refractivity (Wildman–Crippen MR) is 79.0 cm³/mol. The van der Waals surface area contributed by atoms with Gasteiger partial charge in [-0.25, -0.2) is 13.2 Å². The number of halogens is 6. The Morgan fingerprint density at radius 3 is 2.19 bits per heavy atom. The highest BCUT2D eigenvalue weighted by Crippen LogP contribution is 2.33. The van der Waals surface area contributed by atoms with Crippen molar-refractivity contribution in [2.75, 3.05) is 5.32 Å². The first-order chi connectivity index (χ1) is 11.9. The van der Waals surface area contributed by atoms with Crippen LogP contribution in [0.3, 0.4) is 0 Å². The number of alkyl halides is 3. The molecule has 0 saturated carbocycles. The molecule has 0 fully saturated rings. The van der Waals surface area contributed by atoms with E-state index in [9.17, 15) is 35.9 Å². The lowest BCUT2D eigenvalue weighted by Gasteiger charge is -2.14. The molecular weight excluding hydrogens is 366 g/mol. The number of hydrogen-bond acceptors (Lipinski definition) is 2. The standard InChI is InChI=1S/C16H10F6N2O2/c1-6-4-10(18)7(14(23)25)5-11(6)24-15(26)12-9(17)3-2-8(13(12)19)16(20,21)22/h2-5H,1H3,(H2,23,25)(H,24,26). The topological polar surface area (TPSA) is 72.2 Å². The molecule has 0 atom stereocenters. The molecule has 0 aliphatic heterocycles. The molecule has 2 rings (SSSR count). The number of benzene rings is 2. The number of aryl methyl sites for hydroxylation is 1. The molecular formula is C16H10F6N2O2. The fourth-order valence-corrected chi connectivity index (χ4v) is 2.16. The molecule has 0 bridgehead atoms. The van der Waals surface area contributed by atoms with E-state index < -0.39 is 52.1 Å². The van der Waals surface area contributed by atoms with Crippen molar-refractivity contribution < 1.29 is 35.9 Å². The second-order valence-electron chi connectivity index (χ2n) is 5.25. The van der Waals surface area contributed by atoms with Gasteiger partial charge in [-0.15, -0.1) is 0 Å². The van der Waals surface area contributed by atoms with E-state index in [0.29, 0.717) is 6.07 Å². The van der Waals surface area contributed by atoms with Crippen LogP contribution in [0.4, 0.5) is 32.0 Å². The molecule has 3 N–H and O–H groups in total. The van der Waals surface area contributed by atoms with Crippen molar-refractivity contribution in [3.05, 3.63) is 64.0 Å². The second-order valence-corrected chi connectivity index (χ2v) is 5.25. The van der Waals surface area contributed by atoms with Gasteiger partial charge in [-0.05, 0) is 36.8 Å². The average molecular weight is 376 g/mol. The van der Waals surface area contributed by atoms with Gasteiger partial charge in [0.15, 0.2) is 5.82 Å². The normalized spacial score (nSPS) is 11.3. The average Bonchev–Trinajstić information content (AvgIpc) is 2.48. The molecule has 0 radical (unpaired) electrons. The molecule has 0 spiro atoms. The van der Waals surface area contributed by atoms with E-state index in [0.717, 1.165) is 12.1 Å². The third-order valence-electron chi connectivity index (χ3n) is 3.45.